The molecule has 11 heteroatoms. The Morgan fingerprint density at radius 2 is 1.73 bits per heavy atom. The van der Waals surface area contributed by atoms with Gasteiger partial charge in [0.2, 0.25) is 6.10 Å². The van der Waals surface area contributed by atoms with Crippen molar-refractivity contribution >= 4 is 42.4 Å². The fourth-order valence-corrected chi connectivity index (χ4v) is 5.41. The topological polar surface area (TPSA) is 150 Å². The maximum atomic E-state index is 13.4. The molecule has 0 spiro atoms. The number of aliphatic hydroxyl groups is 2. The number of fused-ring (bicyclic) bond motifs is 1. The molecular weight excluding hydrogens is 514 g/mol. The zero-order valence-corrected chi connectivity index (χ0v) is 21.3. The van der Waals surface area contributed by atoms with Crippen molar-refractivity contribution in [1.29, 1.82) is 5.26 Å². The molecule has 1 aromatic heterocycles. The average Bonchev–Trinajstić information content (AvgIpc) is 3.32. The number of ether oxygens (including phenoxy) is 1. The zero-order valence-electron chi connectivity index (χ0n) is 19.7. The maximum absolute atomic E-state index is 13.4. The van der Waals surface area contributed by atoms with Crippen LogP contribution in [-0.4, -0.2) is 35.3 Å². The van der Waals surface area contributed by atoms with E-state index in [4.69, 9.17) is 10.00 Å². The second-order valence-corrected chi connectivity index (χ2v) is 11.3. The van der Waals surface area contributed by atoms with Crippen LogP contribution in [0.15, 0.2) is 65.6 Å². The number of carbonyl (C=O) groups excluding carboxylic acids is 1. The molecule has 0 bridgehead atoms. The number of thiazole rings is 1. The minimum absolute atomic E-state index is 0.0500. The Hall–Kier alpha value is -3.82. The number of anilines is 1. The van der Waals surface area contributed by atoms with Crippen LogP contribution in [0.25, 0.3) is 10.2 Å². The Labute approximate surface area is 217 Å². The fourth-order valence-electron chi connectivity index (χ4n) is 3.61. The van der Waals surface area contributed by atoms with Crippen molar-refractivity contribution in [3.63, 3.8) is 0 Å². The Kier molecular flexibility index (Phi) is 7.85. The minimum atomic E-state index is -3.42. The summed E-state index contributed by atoms with van der Waals surface area (Å²) in [6.07, 6.45) is -1.15. The summed E-state index contributed by atoms with van der Waals surface area (Å²) in [6.45, 7) is 1.06. The van der Waals surface area contributed by atoms with Gasteiger partial charge in [-0.3, -0.25) is 10.1 Å². The van der Waals surface area contributed by atoms with Gasteiger partial charge in [-0.1, -0.05) is 30.4 Å². The van der Waals surface area contributed by atoms with Gasteiger partial charge in [-0.25, -0.2) is 13.4 Å². The van der Waals surface area contributed by atoms with Gasteiger partial charge in [0, 0.05) is 5.56 Å². The lowest BCUT2D eigenvalue weighted by molar-refractivity contribution is -0.123. The van der Waals surface area contributed by atoms with Gasteiger partial charge in [-0.2, -0.15) is 5.26 Å². The molecule has 4 aromatic rings. The summed E-state index contributed by atoms with van der Waals surface area (Å²) in [5.74, 6) is -0.251. The van der Waals surface area contributed by atoms with Crippen LogP contribution in [0.5, 0.6) is 5.75 Å². The Morgan fingerprint density at radius 1 is 1.08 bits per heavy atom. The minimum Gasteiger partial charge on any atom is -0.476 e. The number of nitrogens with zero attached hydrogens (tertiary/aromatic N) is 2. The molecule has 9 nitrogen and oxygen atoms in total. The number of sulfone groups is 1. The van der Waals surface area contributed by atoms with E-state index in [2.05, 4.69) is 10.3 Å². The van der Waals surface area contributed by atoms with Gasteiger partial charge in [0.1, 0.15) is 5.75 Å². The van der Waals surface area contributed by atoms with Gasteiger partial charge >= 0.3 is 0 Å². The lowest BCUT2D eigenvalue weighted by Crippen LogP contribution is -2.25. The first kappa shape index (κ1) is 26.2. The molecular formula is C26H23N3O6S2. The third-order valence-electron chi connectivity index (χ3n) is 5.68. The zero-order chi connectivity index (χ0) is 26.6. The van der Waals surface area contributed by atoms with E-state index in [9.17, 15) is 23.4 Å². The fraction of sp³-hybridized carbons (Fsp3) is 0.192. The number of benzene rings is 3. The lowest BCUT2D eigenvalue weighted by Gasteiger charge is -2.19. The van der Waals surface area contributed by atoms with E-state index in [0.29, 0.717) is 33.5 Å². The number of amides is 1. The summed E-state index contributed by atoms with van der Waals surface area (Å²) in [5, 5.41) is 31.2. The van der Waals surface area contributed by atoms with Gasteiger partial charge in [0.15, 0.2) is 15.0 Å². The third-order valence-corrected chi connectivity index (χ3v) is 8.36. The van der Waals surface area contributed by atoms with Gasteiger partial charge in [0.25, 0.3) is 5.91 Å². The number of nitrogens with one attached hydrogen (secondary N) is 1. The van der Waals surface area contributed by atoms with E-state index in [-0.39, 0.29) is 29.0 Å². The number of carbonyl (C=O) groups is 1. The van der Waals surface area contributed by atoms with E-state index in [0.717, 1.165) is 4.70 Å². The number of aromatic nitrogens is 1. The van der Waals surface area contributed by atoms with E-state index < -0.39 is 21.8 Å². The number of hydrogen-bond donors (Lipinski definition) is 3. The summed E-state index contributed by atoms with van der Waals surface area (Å²) < 4.78 is 31.1. The van der Waals surface area contributed by atoms with Gasteiger partial charge in [0.05, 0.1) is 45.7 Å². The summed E-state index contributed by atoms with van der Waals surface area (Å²) in [4.78, 5) is 17.9. The summed E-state index contributed by atoms with van der Waals surface area (Å²) in [7, 11) is -3.42. The number of rotatable bonds is 9. The molecule has 0 saturated heterocycles. The molecule has 0 aliphatic rings. The molecule has 0 fully saturated rings. The molecule has 37 heavy (non-hydrogen) atoms. The van der Waals surface area contributed by atoms with Crippen molar-refractivity contribution in [2.24, 2.45) is 0 Å². The number of aliphatic hydroxyl groups excluding tert-OH is 2. The second kappa shape index (κ2) is 11.1. The standard InChI is InChI=1S/C26H23N3O6S2/c1-2-37(33,34)21-9-5-17(6-10-21)24(35-20-7-3-16(13-27)4-8-20)25(32)29-26-28-22-11-18(14-30)19(15-31)12-23(22)36-26/h3-12,24,30-31H,2,14-15H2,1H3,(H,28,29,32). The predicted octanol–water partition coefficient (Wildman–Crippen LogP) is 3.70. The van der Waals surface area contributed by atoms with E-state index >= 15 is 0 Å². The van der Waals surface area contributed by atoms with Crippen molar-refractivity contribution in [1.82, 2.24) is 4.98 Å². The number of nitriles is 1. The highest BCUT2D eigenvalue weighted by Crippen LogP contribution is 2.31. The highest BCUT2D eigenvalue weighted by molar-refractivity contribution is 7.91. The third kappa shape index (κ3) is 5.79. The first-order valence-electron chi connectivity index (χ1n) is 11.2. The summed E-state index contributed by atoms with van der Waals surface area (Å²) in [6, 6.07) is 17.6. The Bertz CT molecular complexity index is 1530. The smallest absolute Gasteiger partial charge is 0.271 e. The SMILES string of the molecule is CCS(=O)(=O)c1ccc(C(Oc2ccc(C#N)cc2)C(=O)Nc2nc3cc(CO)c(CO)cc3s2)cc1. The largest absolute Gasteiger partial charge is 0.476 e. The van der Waals surface area contributed by atoms with Crippen LogP contribution in [0.2, 0.25) is 0 Å². The van der Waals surface area contributed by atoms with Gasteiger partial charge < -0.3 is 14.9 Å². The Balaban J connectivity index is 1.66. The first-order chi connectivity index (χ1) is 17.8. The second-order valence-electron chi connectivity index (χ2n) is 8.02. The van der Waals surface area contributed by atoms with Crippen molar-refractivity contribution < 1.29 is 28.2 Å². The van der Waals surface area contributed by atoms with Crippen LogP contribution in [0.1, 0.15) is 35.3 Å². The Morgan fingerprint density at radius 3 is 2.32 bits per heavy atom. The molecule has 0 aliphatic carbocycles. The van der Waals surface area contributed by atoms with Crippen molar-refractivity contribution in [3.8, 4) is 11.8 Å². The molecule has 0 saturated carbocycles. The van der Waals surface area contributed by atoms with Gasteiger partial charge in [-0.05, 0) is 59.7 Å². The molecule has 4 rings (SSSR count). The van der Waals surface area contributed by atoms with Crippen molar-refractivity contribution in [2.45, 2.75) is 31.1 Å². The van der Waals surface area contributed by atoms with Crippen LogP contribution in [0, 0.1) is 11.3 Å². The number of hydrogen-bond acceptors (Lipinski definition) is 9. The first-order valence-corrected chi connectivity index (χ1v) is 13.7. The molecule has 3 aromatic carbocycles. The maximum Gasteiger partial charge on any atom is 0.271 e. The molecule has 3 N–H and O–H groups in total. The lowest BCUT2D eigenvalue weighted by atomic mass is 10.1. The quantitative estimate of drug-likeness (QED) is 0.293. The van der Waals surface area contributed by atoms with Crippen LogP contribution in [-0.2, 0) is 27.8 Å². The van der Waals surface area contributed by atoms with E-state index in [1.807, 2.05) is 6.07 Å². The highest BCUT2D eigenvalue weighted by Gasteiger charge is 2.25. The normalized spacial score (nSPS) is 12.2. The molecule has 1 amide bonds. The molecule has 1 atom stereocenters. The van der Waals surface area contributed by atoms with Crippen molar-refractivity contribution in [3.05, 3.63) is 82.9 Å². The molecule has 0 aliphatic heterocycles. The molecule has 1 unspecified atom stereocenters. The van der Waals surface area contributed by atoms with Crippen LogP contribution >= 0.6 is 11.3 Å². The summed E-state index contributed by atoms with van der Waals surface area (Å²) >= 11 is 1.20. The molecule has 0 radical (unpaired) electrons. The highest BCUT2D eigenvalue weighted by atomic mass is 32.2. The predicted molar refractivity (Wildman–Crippen MR) is 139 cm³/mol. The van der Waals surface area contributed by atoms with E-state index in [1.54, 1.807) is 43.3 Å². The monoisotopic (exact) mass is 537 g/mol. The van der Waals surface area contributed by atoms with Crippen LogP contribution in [0.3, 0.4) is 0 Å². The van der Waals surface area contributed by atoms with Crippen LogP contribution in [0.4, 0.5) is 5.13 Å². The van der Waals surface area contributed by atoms with Crippen LogP contribution < -0.4 is 10.1 Å². The van der Waals surface area contributed by atoms with Gasteiger partial charge in [-0.15, -0.1) is 0 Å². The molecule has 1 heterocycles. The summed E-state index contributed by atoms with van der Waals surface area (Å²) in [5.41, 5.74) is 2.52. The van der Waals surface area contributed by atoms with Crippen molar-refractivity contribution in [2.75, 3.05) is 11.1 Å². The average molecular weight is 538 g/mol. The van der Waals surface area contributed by atoms with E-state index in [1.165, 1.54) is 35.6 Å². The molecule has 190 valence electrons.